The highest BCUT2D eigenvalue weighted by Gasteiger charge is 2.23. The van der Waals surface area contributed by atoms with Crippen LogP contribution in [0.25, 0.3) is 0 Å². The highest BCUT2D eigenvalue weighted by Crippen LogP contribution is 2.22. The Hall–Kier alpha value is -1.20. The van der Waals surface area contributed by atoms with Crippen molar-refractivity contribution in [3.63, 3.8) is 0 Å². The minimum Gasteiger partial charge on any atom is -0.459 e. The molecule has 1 N–H and O–H groups in total. The summed E-state index contributed by atoms with van der Waals surface area (Å²) in [5, 5.41) is 0. The van der Waals surface area contributed by atoms with Crippen molar-refractivity contribution in [2.24, 2.45) is 0 Å². The van der Waals surface area contributed by atoms with E-state index in [9.17, 15) is 9.00 Å². The summed E-state index contributed by atoms with van der Waals surface area (Å²) in [6, 6.07) is 7.36. The van der Waals surface area contributed by atoms with Crippen molar-refractivity contribution in [2.75, 3.05) is 0 Å². The van der Waals surface area contributed by atoms with Crippen LogP contribution in [0.3, 0.4) is 0 Å². The normalized spacial score (nSPS) is 14.6. The fourth-order valence-electron chi connectivity index (χ4n) is 2.02. The highest BCUT2D eigenvalue weighted by atomic mass is 32.2. The molecule has 0 heterocycles. The van der Waals surface area contributed by atoms with Crippen LogP contribution in [0, 0.1) is 0 Å². The van der Waals surface area contributed by atoms with E-state index in [0.717, 1.165) is 18.4 Å². The van der Waals surface area contributed by atoms with E-state index in [1.165, 1.54) is 0 Å². The van der Waals surface area contributed by atoms with Crippen molar-refractivity contribution in [1.82, 2.24) is 4.72 Å². The molecule has 0 fully saturated rings. The van der Waals surface area contributed by atoms with Crippen LogP contribution in [-0.4, -0.2) is 21.0 Å². The van der Waals surface area contributed by atoms with Gasteiger partial charge in [-0.2, -0.15) is 0 Å². The number of hydrogen-bond donors (Lipinski definition) is 1. The zero-order valence-corrected chi connectivity index (χ0v) is 15.8. The first-order valence-corrected chi connectivity index (χ1v) is 9.29. The third-order valence-corrected chi connectivity index (χ3v) is 4.89. The summed E-state index contributed by atoms with van der Waals surface area (Å²) in [6.07, 6.45) is 1.74. The van der Waals surface area contributed by atoms with Gasteiger partial charge in [0.05, 0.1) is 27.4 Å². The van der Waals surface area contributed by atoms with Crippen molar-refractivity contribution >= 4 is 17.0 Å². The molecule has 23 heavy (non-hydrogen) atoms. The molecule has 0 radical (unpaired) electrons. The van der Waals surface area contributed by atoms with Gasteiger partial charge in [-0.15, -0.1) is 0 Å². The van der Waals surface area contributed by atoms with E-state index in [1.807, 2.05) is 46.8 Å². The van der Waals surface area contributed by atoms with Crippen LogP contribution in [0.2, 0.25) is 0 Å². The van der Waals surface area contributed by atoms with Crippen LogP contribution in [0.1, 0.15) is 76.3 Å². The van der Waals surface area contributed by atoms with Crippen molar-refractivity contribution in [1.29, 1.82) is 0 Å². The molecule has 1 rings (SSSR count). The average Bonchev–Trinajstić information content (AvgIpc) is 2.45. The molecule has 0 aromatic heterocycles. The van der Waals surface area contributed by atoms with E-state index in [0.29, 0.717) is 5.56 Å². The lowest BCUT2D eigenvalue weighted by atomic mass is 10.0. The van der Waals surface area contributed by atoms with E-state index in [2.05, 4.69) is 11.6 Å². The molecule has 4 nitrogen and oxygen atoms in total. The first-order chi connectivity index (χ1) is 10.6. The third kappa shape index (κ3) is 6.43. The molecule has 130 valence electrons. The van der Waals surface area contributed by atoms with Crippen LogP contribution in [-0.2, 0) is 15.7 Å². The Morgan fingerprint density at radius 2 is 1.78 bits per heavy atom. The predicted molar refractivity (Wildman–Crippen MR) is 95.7 cm³/mol. The van der Waals surface area contributed by atoms with Crippen LogP contribution >= 0.6 is 0 Å². The van der Waals surface area contributed by atoms with Gasteiger partial charge in [0.25, 0.3) is 0 Å². The van der Waals surface area contributed by atoms with Crippen LogP contribution in [0.4, 0.5) is 0 Å². The highest BCUT2D eigenvalue weighted by molar-refractivity contribution is 7.84. The van der Waals surface area contributed by atoms with Crippen molar-refractivity contribution in [3.8, 4) is 0 Å². The molecule has 2 atom stereocenters. The number of esters is 1. The summed E-state index contributed by atoms with van der Waals surface area (Å²) >= 11 is 0. The maximum Gasteiger partial charge on any atom is 0.338 e. The Bertz CT molecular complexity index is 532. The lowest BCUT2D eigenvalue weighted by molar-refractivity contribution is 0.0378. The monoisotopic (exact) mass is 339 g/mol. The number of carbonyl (C=O) groups is 1. The van der Waals surface area contributed by atoms with E-state index in [-0.39, 0.29) is 22.9 Å². The topological polar surface area (TPSA) is 55.4 Å². The lowest BCUT2D eigenvalue weighted by Gasteiger charge is -2.24. The maximum absolute atomic E-state index is 12.3. The maximum atomic E-state index is 12.3. The van der Waals surface area contributed by atoms with Crippen molar-refractivity contribution < 1.29 is 13.7 Å². The van der Waals surface area contributed by atoms with Crippen LogP contribution in [0.5, 0.6) is 0 Å². The fourth-order valence-corrected chi connectivity index (χ4v) is 2.89. The smallest absolute Gasteiger partial charge is 0.338 e. The van der Waals surface area contributed by atoms with Crippen molar-refractivity contribution in [3.05, 3.63) is 35.4 Å². The molecule has 0 aliphatic carbocycles. The summed E-state index contributed by atoms with van der Waals surface area (Å²) in [5.74, 6) is -0.315. The first kappa shape index (κ1) is 19.8. The summed E-state index contributed by atoms with van der Waals surface area (Å²) in [4.78, 5) is 11.9. The average molecular weight is 340 g/mol. The number of hydrogen-bond acceptors (Lipinski definition) is 3. The van der Waals surface area contributed by atoms with Crippen molar-refractivity contribution in [2.45, 2.75) is 71.3 Å². The largest absolute Gasteiger partial charge is 0.459 e. The summed E-state index contributed by atoms with van der Waals surface area (Å²) in [5.41, 5.74) is 1.57. The summed E-state index contributed by atoms with van der Waals surface area (Å²) < 4.78 is 20.4. The molecule has 0 spiro atoms. The molecule has 1 aromatic carbocycles. The molecule has 0 saturated heterocycles. The molecule has 0 amide bonds. The minimum absolute atomic E-state index is 0.00947. The quantitative estimate of drug-likeness (QED) is 0.759. The van der Waals surface area contributed by atoms with E-state index < -0.39 is 11.0 Å². The standard InChI is InChI=1S/C18H29NO3S/c1-7-8-16(19-23(21)18(4,5)6)14-9-11-15(12-10-14)17(20)22-13(2)3/h9-13,16,19H,7-8H2,1-6H3. The molecular formula is C18H29NO3S. The predicted octanol–water partition coefficient (Wildman–Crippen LogP) is 4.14. The van der Waals surface area contributed by atoms with Crippen LogP contribution < -0.4 is 4.72 Å². The van der Waals surface area contributed by atoms with Gasteiger partial charge in [-0.05, 0) is 58.7 Å². The fraction of sp³-hybridized carbons (Fsp3) is 0.611. The van der Waals surface area contributed by atoms with Gasteiger partial charge >= 0.3 is 5.97 Å². The Morgan fingerprint density at radius 3 is 2.22 bits per heavy atom. The Kier molecular flexibility index (Phi) is 7.42. The second-order valence-corrected chi connectivity index (χ2v) is 8.91. The van der Waals surface area contributed by atoms with Gasteiger partial charge in [-0.3, -0.25) is 0 Å². The molecule has 0 aliphatic rings. The van der Waals surface area contributed by atoms with Gasteiger partial charge in [0, 0.05) is 6.04 Å². The second kappa shape index (κ2) is 8.60. The molecule has 2 unspecified atom stereocenters. The first-order valence-electron chi connectivity index (χ1n) is 8.14. The van der Waals surface area contributed by atoms with E-state index in [1.54, 1.807) is 12.1 Å². The summed E-state index contributed by atoms with van der Waals surface area (Å²) in [7, 11) is -1.13. The SMILES string of the molecule is CCCC(NS(=O)C(C)(C)C)c1ccc(C(=O)OC(C)C)cc1. The summed E-state index contributed by atoms with van der Waals surface area (Å²) in [6.45, 7) is 11.6. The molecule has 0 bridgehead atoms. The number of carbonyl (C=O) groups excluding carboxylic acids is 1. The molecule has 0 aliphatic heterocycles. The number of nitrogens with one attached hydrogen (secondary N) is 1. The van der Waals surface area contributed by atoms with Gasteiger partial charge in [-0.1, -0.05) is 25.5 Å². The number of benzene rings is 1. The van der Waals surface area contributed by atoms with Gasteiger partial charge in [-0.25, -0.2) is 13.7 Å². The van der Waals surface area contributed by atoms with Gasteiger partial charge in [0.15, 0.2) is 0 Å². The minimum atomic E-state index is -1.13. The number of rotatable bonds is 7. The molecule has 5 heteroatoms. The third-order valence-electron chi connectivity index (χ3n) is 3.27. The Labute approximate surface area is 142 Å². The molecule has 1 aromatic rings. The second-order valence-electron chi connectivity index (χ2n) is 6.92. The Balaban J connectivity index is 2.88. The lowest BCUT2D eigenvalue weighted by Crippen LogP contribution is -2.35. The van der Waals surface area contributed by atoms with Crippen LogP contribution in [0.15, 0.2) is 24.3 Å². The molecular weight excluding hydrogens is 310 g/mol. The Morgan fingerprint density at radius 1 is 1.22 bits per heavy atom. The number of ether oxygens (including phenoxy) is 1. The van der Waals surface area contributed by atoms with Gasteiger partial charge in [0.2, 0.25) is 0 Å². The zero-order valence-electron chi connectivity index (χ0n) is 15.0. The van der Waals surface area contributed by atoms with E-state index in [4.69, 9.17) is 4.74 Å². The van der Waals surface area contributed by atoms with Gasteiger partial charge in [0.1, 0.15) is 0 Å². The molecule has 0 saturated carbocycles. The van der Waals surface area contributed by atoms with E-state index >= 15 is 0 Å². The van der Waals surface area contributed by atoms with Gasteiger partial charge < -0.3 is 4.74 Å². The zero-order chi connectivity index (χ0) is 17.6.